The number of rotatable bonds is 2. The summed E-state index contributed by atoms with van der Waals surface area (Å²) in [6.45, 7) is 4.60. The topological polar surface area (TPSA) is 70.8 Å². The highest BCUT2D eigenvalue weighted by Crippen LogP contribution is 2.34. The zero-order chi connectivity index (χ0) is 12.5. The van der Waals surface area contributed by atoms with Crippen molar-refractivity contribution in [1.82, 2.24) is 5.16 Å². The lowest BCUT2D eigenvalue weighted by molar-refractivity contribution is -0.265. The van der Waals surface area contributed by atoms with E-state index in [4.69, 9.17) is 14.0 Å². The van der Waals surface area contributed by atoms with Crippen LogP contribution in [0.4, 0.5) is 0 Å². The number of aromatic nitrogens is 1. The number of carbonyl (C=O) groups is 1. The molecule has 0 atom stereocenters. The number of ether oxygens (including phenoxy) is 3. The van der Waals surface area contributed by atoms with E-state index in [1.807, 2.05) is 0 Å². The van der Waals surface area contributed by atoms with Crippen LogP contribution in [0.3, 0.4) is 0 Å². The smallest absolute Gasteiger partial charge is 0.360 e. The molecular weight excluding hydrogens is 226 g/mol. The zero-order valence-electron chi connectivity index (χ0n) is 10.1. The molecule has 0 amide bonds. The quantitative estimate of drug-likeness (QED) is 0.728. The Morgan fingerprint density at radius 3 is 2.65 bits per heavy atom. The Hall–Kier alpha value is -1.40. The summed E-state index contributed by atoms with van der Waals surface area (Å²) in [6, 6.07) is 0. The van der Waals surface area contributed by atoms with Crippen molar-refractivity contribution < 1.29 is 23.5 Å². The van der Waals surface area contributed by atoms with Crippen LogP contribution in [0.25, 0.3) is 0 Å². The third-order valence-electron chi connectivity index (χ3n) is 2.74. The van der Waals surface area contributed by atoms with Crippen LogP contribution in [-0.4, -0.2) is 31.4 Å². The number of esters is 1. The number of hydrogen-bond acceptors (Lipinski definition) is 6. The van der Waals surface area contributed by atoms with Crippen molar-refractivity contribution in [2.45, 2.75) is 26.1 Å². The summed E-state index contributed by atoms with van der Waals surface area (Å²) in [5.74, 6) is -1.06. The van der Waals surface area contributed by atoms with Gasteiger partial charge in [-0.25, -0.2) is 4.79 Å². The minimum atomic E-state index is -0.994. The number of methoxy groups -OCH3 is 1. The minimum Gasteiger partial charge on any atom is -0.464 e. The molecule has 1 aromatic heterocycles. The van der Waals surface area contributed by atoms with Gasteiger partial charge in [-0.15, -0.1) is 0 Å². The van der Waals surface area contributed by atoms with Gasteiger partial charge in [0, 0.05) is 0 Å². The van der Waals surface area contributed by atoms with Gasteiger partial charge in [0.05, 0.1) is 25.9 Å². The monoisotopic (exact) mass is 241 g/mol. The first kappa shape index (κ1) is 12.1. The van der Waals surface area contributed by atoms with Gasteiger partial charge in [0.2, 0.25) is 0 Å². The molecule has 0 N–H and O–H groups in total. The van der Waals surface area contributed by atoms with Gasteiger partial charge in [-0.2, -0.15) is 0 Å². The normalized spacial score (nSPS) is 19.0. The summed E-state index contributed by atoms with van der Waals surface area (Å²) >= 11 is 0. The van der Waals surface area contributed by atoms with E-state index in [-0.39, 0.29) is 5.69 Å². The van der Waals surface area contributed by atoms with E-state index in [9.17, 15) is 4.79 Å². The molecule has 2 rings (SSSR count). The predicted octanol–water partition coefficient (Wildman–Crippen LogP) is 1.38. The van der Waals surface area contributed by atoms with E-state index in [2.05, 4.69) is 9.89 Å². The van der Waals surface area contributed by atoms with Crippen molar-refractivity contribution in [2.75, 3.05) is 20.3 Å². The van der Waals surface area contributed by atoms with Gasteiger partial charge >= 0.3 is 5.97 Å². The highest BCUT2D eigenvalue weighted by molar-refractivity contribution is 5.89. The van der Waals surface area contributed by atoms with Crippen molar-refractivity contribution in [3.8, 4) is 0 Å². The SMILES string of the molecule is COC(=O)c1noc(C)c1C1(C)OCCCO1. The minimum absolute atomic E-state index is 0.106. The average molecular weight is 241 g/mol. The van der Waals surface area contributed by atoms with Gasteiger partial charge in [0.15, 0.2) is 11.5 Å². The van der Waals surface area contributed by atoms with Crippen molar-refractivity contribution in [2.24, 2.45) is 0 Å². The third kappa shape index (κ3) is 2.05. The molecule has 0 bridgehead atoms. The van der Waals surface area contributed by atoms with Crippen molar-refractivity contribution in [3.63, 3.8) is 0 Å². The molecule has 94 valence electrons. The van der Waals surface area contributed by atoms with Crippen LogP contribution in [-0.2, 0) is 20.0 Å². The van der Waals surface area contributed by atoms with E-state index in [0.717, 1.165) is 6.42 Å². The summed E-state index contributed by atoms with van der Waals surface area (Å²) in [7, 11) is 1.29. The third-order valence-corrected chi connectivity index (χ3v) is 2.74. The van der Waals surface area contributed by atoms with Crippen LogP contribution in [0, 0.1) is 6.92 Å². The maximum absolute atomic E-state index is 11.6. The molecule has 17 heavy (non-hydrogen) atoms. The number of aryl methyl sites for hydroxylation is 1. The first-order valence-electron chi connectivity index (χ1n) is 5.41. The van der Waals surface area contributed by atoms with Crippen LogP contribution in [0.2, 0.25) is 0 Å². The van der Waals surface area contributed by atoms with Gasteiger partial charge in [0.25, 0.3) is 0 Å². The molecule has 0 aliphatic carbocycles. The zero-order valence-corrected chi connectivity index (χ0v) is 10.1. The lowest BCUT2D eigenvalue weighted by atomic mass is 10.0. The first-order valence-corrected chi connectivity index (χ1v) is 5.41. The Kier molecular flexibility index (Phi) is 3.17. The predicted molar refractivity (Wildman–Crippen MR) is 56.5 cm³/mol. The lowest BCUT2D eigenvalue weighted by Gasteiger charge is -2.33. The molecule has 0 radical (unpaired) electrons. The summed E-state index contributed by atoms with van der Waals surface area (Å²) < 4.78 is 20.9. The molecule has 0 saturated carbocycles. The Morgan fingerprint density at radius 1 is 1.41 bits per heavy atom. The fourth-order valence-corrected chi connectivity index (χ4v) is 1.92. The summed E-state index contributed by atoms with van der Waals surface area (Å²) in [5, 5.41) is 3.70. The van der Waals surface area contributed by atoms with E-state index in [1.165, 1.54) is 7.11 Å². The standard InChI is InChI=1S/C11H15NO5/c1-7-8(9(12-17-7)10(13)14-3)11(2)15-5-4-6-16-11/h4-6H2,1-3H3. The van der Waals surface area contributed by atoms with Crippen LogP contribution >= 0.6 is 0 Å². The second-order valence-corrected chi connectivity index (χ2v) is 3.95. The maximum atomic E-state index is 11.6. The molecule has 0 aromatic carbocycles. The second kappa shape index (κ2) is 4.46. The Balaban J connectivity index is 2.42. The van der Waals surface area contributed by atoms with Crippen LogP contribution in [0.1, 0.15) is 35.2 Å². The summed E-state index contributed by atoms with van der Waals surface area (Å²) in [5.41, 5.74) is 0.610. The molecule has 0 spiro atoms. The summed E-state index contributed by atoms with van der Waals surface area (Å²) in [4.78, 5) is 11.6. The molecule has 1 aliphatic rings. The molecular formula is C11H15NO5. The van der Waals surface area contributed by atoms with Gasteiger partial charge in [-0.1, -0.05) is 5.16 Å². The first-order chi connectivity index (χ1) is 8.08. The second-order valence-electron chi connectivity index (χ2n) is 3.95. The molecule has 1 aliphatic heterocycles. The lowest BCUT2D eigenvalue weighted by Crippen LogP contribution is -2.36. The molecule has 1 fully saturated rings. The van der Waals surface area contributed by atoms with Crippen molar-refractivity contribution >= 4 is 5.97 Å². The van der Waals surface area contributed by atoms with E-state index in [1.54, 1.807) is 13.8 Å². The molecule has 2 heterocycles. The van der Waals surface area contributed by atoms with E-state index < -0.39 is 11.8 Å². The van der Waals surface area contributed by atoms with Crippen LogP contribution in [0.15, 0.2) is 4.52 Å². The maximum Gasteiger partial charge on any atom is 0.360 e. The average Bonchev–Trinajstić information content (AvgIpc) is 2.72. The van der Waals surface area contributed by atoms with Crippen molar-refractivity contribution in [1.29, 1.82) is 0 Å². The Morgan fingerprint density at radius 2 is 2.06 bits per heavy atom. The largest absolute Gasteiger partial charge is 0.464 e. The number of carbonyl (C=O) groups excluding carboxylic acids is 1. The fraction of sp³-hybridized carbons (Fsp3) is 0.636. The van der Waals surface area contributed by atoms with Gasteiger partial charge in [0.1, 0.15) is 5.76 Å². The Labute approximate surface area is 98.8 Å². The fourth-order valence-electron chi connectivity index (χ4n) is 1.92. The molecule has 6 nitrogen and oxygen atoms in total. The van der Waals surface area contributed by atoms with Gasteiger partial charge in [-0.3, -0.25) is 0 Å². The Bertz CT molecular complexity index is 419. The van der Waals surface area contributed by atoms with Crippen LogP contribution in [0.5, 0.6) is 0 Å². The molecule has 0 unspecified atom stereocenters. The van der Waals surface area contributed by atoms with E-state index in [0.29, 0.717) is 24.5 Å². The molecule has 6 heteroatoms. The number of nitrogens with zero attached hydrogens (tertiary/aromatic N) is 1. The van der Waals surface area contributed by atoms with Crippen LogP contribution < -0.4 is 0 Å². The van der Waals surface area contributed by atoms with Gasteiger partial charge < -0.3 is 18.7 Å². The van der Waals surface area contributed by atoms with E-state index >= 15 is 0 Å². The number of hydrogen-bond donors (Lipinski definition) is 0. The van der Waals surface area contributed by atoms with Crippen molar-refractivity contribution in [3.05, 3.63) is 17.0 Å². The highest BCUT2D eigenvalue weighted by atomic mass is 16.7. The molecule has 1 saturated heterocycles. The summed E-state index contributed by atoms with van der Waals surface area (Å²) in [6.07, 6.45) is 0.827. The molecule has 1 aromatic rings. The van der Waals surface area contributed by atoms with Gasteiger partial charge in [-0.05, 0) is 20.3 Å². The highest BCUT2D eigenvalue weighted by Gasteiger charge is 2.40.